The van der Waals surface area contributed by atoms with Crippen molar-refractivity contribution in [1.82, 2.24) is 0 Å². The van der Waals surface area contributed by atoms with E-state index in [1.165, 1.54) is 0 Å². The number of rotatable bonds is 8. The summed E-state index contributed by atoms with van der Waals surface area (Å²) >= 11 is 0. The van der Waals surface area contributed by atoms with Gasteiger partial charge in [0.15, 0.2) is 0 Å². The first-order chi connectivity index (χ1) is 14.3. The molecule has 0 unspecified atom stereocenters. The maximum absolute atomic E-state index is 6.21. The fourth-order valence-electron chi connectivity index (χ4n) is 2.81. The van der Waals surface area contributed by atoms with Gasteiger partial charge < -0.3 is 18.6 Å². The van der Waals surface area contributed by atoms with Crippen LogP contribution < -0.4 is 18.6 Å². The minimum Gasteiger partial charge on any atom is -0.611 e. The third-order valence-corrected chi connectivity index (χ3v) is 4.09. The van der Waals surface area contributed by atoms with Crippen LogP contribution in [0.4, 0.5) is 0 Å². The molecule has 0 amide bonds. The third-order valence-electron chi connectivity index (χ3n) is 4.09. The second kappa shape index (κ2) is 8.89. The maximum atomic E-state index is 6.21. The van der Waals surface area contributed by atoms with Gasteiger partial charge in [-0.2, -0.15) is 0 Å². The van der Waals surface area contributed by atoms with Crippen LogP contribution in [0.1, 0.15) is 0 Å². The molecular weight excluding hydrogens is 363 g/mol. The molecule has 4 aromatic rings. The SMILES string of the molecule is c1ccc(O[B-](Oc2ccccc2)(Oc2ccccc2)Oc2ccccc2)cc1. The first kappa shape index (κ1) is 18.5. The molecule has 5 heteroatoms. The van der Waals surface area contributed by atoms with Crippen LogP contribution in [0.3, 0.4) is 0 Å². The second-order valence-corrected chi connectivity index (χ2v) is 6.30. The van der Waals surface area contributed by atoms with E-state index in [4.69, 9.17) is 18.6 Å². The van der Waals surface area contributed by atoms with E-state index in [-0.39, 0.29) is 0 Å². The molecule has 144 valence electrons. The molecule has 0 aromatic heterocycles. The lowest BCUT2D eigenvalue weighted by molar-refractivity contribution is 0.161. The Bertz CT molecular complexity index is 824. The van der Waals surface area contributed by atoms with Crippen LogP contribution in [0.15, 0.2) is 121 Å². The van der Waals surface area contributed by atoms with Crippen molar-refractivity contribution in [2.24, 2.45) is 0 Å². The van der Waals surface area contributed by atoms with Crippen LogP contribution in [0.5, 0.6) is 23.0 Å². The molecule has 4 aromatic carbocycles. The molecule has 0 spiro atoms. The minimum absolute atomic E-state index is 0.565. The molecule has 4 nitrogen and oxygen atoms in total. The molecular formula is C24H20BO4-. The van der Waals surface area contributed by atoms with Crippen molar-refractivity contribution in [3.63, 3.8) is 0 Å². The quantitative estimate of drug-likeness (QED) is 0.364. The van der Waals surface area contributed by atoms with Gasteiger partial charge in [-0.3, -0.25) is 0 Å². The Balaban J connectivity index is 1.75. The van der Waals surface area contributed by atoms with E-state index < -0.39 is 6.96 Å². The van der Waals surface area contributed by atoms with E-state index in [9.17, 15) is 0 Å². The first-order valence-corrected chi connectivity index (χ1v) is 9.40. The fraction of sp³-hybridized carbons (Fsp3) is 0. The van der Waals surface area contributed by atoms with E-state index in [0.29, 0.717) is 23.0 Å². The average Bonchev–Trinajstić information content (AvgIpc) is 2.76. The lowest BCUT2D eigenvalue weighted by Crippen LogP contribution is -2.60. The molecule has 29 heavy (non-hydrogen) atoms. The Morgan fingerprint density at radius 3 is 0.724 bits per heavy atom. The molecule has 0 aliphatic carbocycles. The summed E-state index contributed by atoms with van der Waals surface area (Å²) in [7, 11) is 0. The zero-order valence-electron chi connectivity index (χ0n) is 15.8. The van der Waals surface area contributed by atoms with Crippen LogP contribution in [0.2, 0.25) is 0 Å². The molecule has 0 aliphatic rings. The zero-order valence-corrected chi connectivity index (χ0v) is 15.8. The largest absolute Gasteiger partial charge is 0.777 e. The summed E-state index contributed by atoms with van der Waals surface area (Å²) in [5.74, 6) is 2.26. The van der Waals surface area contributed by atoms with Crippen LogP contribution in [0.25, 0.3) is 0 Å². The van der Waals surface area contributed by atoms with Gasteiger partial charge >= 0.3 is 6.96 Å². The van der Waals surface area contributed by atoms with E-state index >= 15 is 0 Å². The van der Waals surface area contributed by atoms with Crippen LogP contribution in [0, 0.1) is 0 Å². The van der Waals surface area contributed by atoms with Crippen LogP contribution in [-0.4, -0.2) is 6.96 Å². The molecule has 0 saturated carbocycles. The summed E-state index contributed by atoms with van der Waals surface area (Å²) in [6, 6.07) is 37.3. The van der Waals surface area contributed by atoms with Crippen LogP contribution in [-0.2, 0) is 0 Å². The van der Waals surface area contributed by atoms with E-state index in [1.807, 2.05) is 121 Å². The monoisotopic (exact) mass is 383 g/mol. The maximum Gasteiger partial charge on any atom is 0.777 e. The Morgan fingerprint density at radius 2 is 0.517 bits per heavy atom. The molecule has 0 aliphatic heterocycles. The second-order valence-electron chi connectivity index (χ2n) is 6.30. The summed E-state index contributed by atoms with van der Waals surface area (Å²) < 4.78 is 24.8. The van der Waals surface area contributed by atoms with E-state index in [1.54, 1.807) is 0 Å². The van der Waals surface area contributed by atoms with E-state index in [2.05, 4.69) is 0 Å². The summed E-state index contributed by atoms with van der Waals surface area (Å²) in [4.78, 5) is 0. The van der Waals surface area contributed by atoms with Gasteiger partial charge in [0.25, 0.3) is 0 Å². The number of benzene rings is 4. The highest BCUT2D eigenvalue weighted by Crippen LogP contribution is 2.26. The average molecular weight is 383 g/mol. The van der Waals surface area contributed by atoms with Crippen molar-refractivity contribution < 1.29 is 18.6 Å². The van der Waals surface area contributed by atoms with Crippen LogP contribution >= 0.6 is 0 Å². The molecule has 0 N–H and O–H groups in total. The molecule has 0 atom stereocenters. The van der Waals surface area contributed by atoms with Gasteiger partial charge in [-0.05, 0) is 48.5 Å². The first-order valence-electron chi connectivity index (χ1n) is 9.40. The van der Waals surface area contributed by atoms with Gasteiger partial charge in [-0.25, -0.2) is 0 Å². The van der Waals surface area contributed by atoms with Gasteiger partial charge in [-0.15, -0.1) is 0 Å². The highest BCUT2D eigenvalue weighted by atomic mass is 16.9. The van der Waals surface area contributed by atoms with Crippen molar-refractivity contribution >= 4 is 6.96 Å². The van der Waals surface area contributed by atoms with Gasteiger partial charge in [-0.1, -0.05) is 72.8 Å². The van der Waals surface area contributed by atoms with Gasteiger partial charge in [0.05, 0.1) is 23.0 Å². The van der Waals surface area contributed by atoms with Crippen molar-refractivity contribution in [3.8, 4) is 23.0 Å². The Morgan fingerprint density at radius 1 is 0.310 bits per heavy atom. The third kappa shape index (κ3) is 5.11. The fourth-order valence-corrected chi connectivity index (χ4v) is 2.81. The highest BCUT2D eigenvalue weighted by Gasteiger charge is 2.42. The lowest BCUT2D eigenvalue weighted by atomic mass is 10.0. The smallest absolute Gasteiger partial charge is 0.611 e. The standard InChI is InChI=1S/C24H20BO4/c1-5-13-21(14-6-1)26-25(27-22-15-7-2-8-16-22,28-23-17-9-3-10-18-23)29-24-19-11-4-12-20-24/h1-20H/q-1. The summed E-state index contributed by atoms with van der Waals surface area (Å²) in [6.07, 6.45) is 0. The van der Waals surface area contributed by atoms with Gasteiger partial charge in [0.1, 0.15) is 0 Å². The number of hydrogen-bond acceptors (Lipinski definition) is 4. The van der Waals surface area contributed by atoms with Crippen molar-refractivity contribution in [1.29, 1.82) is 0 Å². The van der Waals surface area contributed by atoms with Gasteiger partial charge in [0, 0.05) is 0 Å². The normalized spacial score (nSPS) is 10.8. The zero-order chi connectivity index (χ0) is 19.8. The highest BCUT2D eigenvalue weighted by molar-refractivity contribution is 6.57. The molecule has 0 heterocycles. The lowest BCUT2D eigenvalue weighted by Gasteiger charge is -2.41. The minimum atomic E-state index is -2.73. The van der Waals surface area contributed by atoms with Gasteiger partial charge in [0.2, 0.25) is 0 Å². The summed E-state index contributed by atoms with van der Waals surface area (Å²) in [5.41, 5.74) is 0. The Labute approximate surface area is 170 Å². The number of hydrogen-bond donors (Lipinski definition) is 0. The van der Waals surface area contributed by atoms with E-state index in [0.717, 1.165) is 0 Å². The van der Waals surface area contributed by atoms with Crippen molar-refractivity contribution in [2.75, 3.05) is 0 Å². The molecule has 0 fully saturated rings. The summed E-state index contributed by atoms with van der Waals surface area (Å²) in [5, 5.41) is 0. The molecule has 4 rings (SSSR count). The predicted octanol–water partition coefficient (Wildman–Crippen LogP) is 5.74. The van der Waals surface area contributed by atoms with Crippen molar-refractivity contribution in [2.45, 2.75) is 0 Å². The molecule has 0 bridgehead atoms. The predicted molar refractivity (Wildman–Crippen MR) is 114 cm³/mol. The topological polar surface area (TPSA) is 36.9 Å². The Kier molecular flexibility index (Phi) is 5.67. The molecule has 0 saturated heterocycles. The summed E-state index contributed by atoms with van der Waals surface area (Å²) in [6.45, 7) is -2.73. The Hall–Kier alpha value is -3.86. The number of para-hydroxylation sites is 4. The van der Waals surface area contributed by atoms with Crippen molar-refractivity contribution in [3.05, 3.63) is 121 Å². The molecule has 0 radical (unpaired) electrons.